The molecule has 2 aromatic carbocycles. The van der Waals surface area contributed by atoms with Crippen LogP contribution < -0.4 is 10.1 Å². The van der Waals surface area contributed by atoms with Gasteiger partial charge in [-0.3, -0.25) is 4.79 Å². The number of amides is 1. The van der Waals surface area contributed by atoms with Gasteiger partial charge in [0.1, 0.15) is 5.75 Å². The normalized spacial score (nSPS) is 12.1. The number of hydrogen-bond acceptors (Lipinski definition) is 3. The van der Waals surface area contributed by atoms with Crippen LogP contribution in [0.1, 0.15) is 30.4 Å². The van der Waals surface area contributed by atoms with Crippen LogP contribution in [0.25, 0.3) is 0 Å². The molecule has 0 spiro atoms. The van der Waals surface area contributed by atoms with Crippen LogP contribution in [0.5, 0.6) is 5.75 Å². The van der Waals surface area contributed by atoms with Crippen molar-refractivity contribution >= 4 is 28.2 Å². The van der Waals surface area contributed by atoms with Gasteiger partial charge in [-0.25, -0.2) is 4.21 Å². The van der Waals surface area contributed by atoms with E-state index in [4.69, 9.17) is 4.74 Å². The standard InChI is InChI=1S/C13H15NO3S.C7H8/c15-13-6-3-10-9-11(4-5-12(10)14-13)17-7-1-2-8-18-16;1-7-5-3-2-4-6-7/h4-5,8-9H,1-3,6-7H2,(H,14,15);2-6H,1H3. The molecule has 4 nitrogen and oxygen atoms in total. The van der Waals surface area contributed by atoms with Crippen molar-refractivity contribution in [3.05, 3.63) is 59.7 Å². The first-order valence-corrected chi connectivity index (χ1v) is 9.17. The fraction of sp³-hybridized carbons (Fsp3) is 0.300. The molecule has 1 aliphatic rings. The molecule has 0 radical (unpaired) electrons. The van der Waals surface area contributed by atoms with Crippen LogP contribution in [-0.2, 0) is 22.5 Å². The highest BCUT2D eigenvalue weighted by atomic mass is 32.1. The summed E-state index contributed by atoms with van der Waals surface area (Å²) < 4.78 is 15.7. The minimum Gasteiger partial charge on any atom is -0.494 e. The topological polar surface area (TPSA) is 55.4 Å². The summed E-state index contributed by atoms with van der Waals surface area (Å²) in [7, 11) is 0. The van der Waals surface area contributed by atoms with Crippen molar-refractivity contribution in [1.29, 1.82) is 0 Å². The van der Waals surface area contributed by atoms with E-state index < -0.39 is 0 Å². The summed E-state index contributed by atoms with van der Waals surface area (Å²) in [5.41, 5.74) is 3.32. The van der Waals surface area contributed by atoms with Gasteiger partial charge in [0, 0.05) is 17.5 Å². The smallest absolute Gasteiger partial charge is 0.224 e. The highest BCUT2D eigenvalue weighted by Crippen LogP contribution is 2.26. The van der Waals surface area contributed by atoms with E-state index in [1.807, 2.05) is 36.4 Å². The molecule has 1 aliphatic heterocycles. The summed E-state index contributed by atoms with van der Waals surface area (Å²) in [5.74, 6) is 0.890. The van der Waals surface area contributed by atoms with Crippen molar-refractivity contribution in [2.24, 2.45) is 0 Å². The molecule has 1 heterocycles. The van der Waals surface area contributed by atoms with E-state index in [1.54, 1.807) is 5.37 Å². The Kier molecular flexibility index (Phi) is 7.92. The van der Waals surface area contributed by atoms with Gasteiger partial charge in [0.25, 0.3) is 0 Å². The van der Waals surface area contributed by atoms with Gasteiger partial charge in [0.2, 0.25) is 5.91 Å². The Morgan fingerprint density at radius 2 is 1.96 bits per heavy atom. The quantitative estimate of drug-likeness (QED) is 0.655. The zero-order valence-electron chi connectivity index (χ0n) is 14.4. The molecule has 0 saturated heterocycles. The SMILES string of the molecule is Cc1ccccc1.O=S=CCCCOc1ccc2c(c1)CCC(=O)N2. The first-order valence-electron chi connectivity index (χ1n) is 8.36. The second-order valence-electron chi connectivity index (χ2n) is 5.78. The zero-order valence-corrected chi connectivity index (χ0v) is 15.2. The summed E-state index contributed by atoms with van der Waals surface area (Å²) in [6.07, 6.45) is 2.89. The second kappa shape index (κ2) is 10.5. The molecule has 0 saturated carbocycles. The van der Waals surface area contributed by atoms with Crippen molar-refractivity contribution in [3.63, 3.8) is 0 Å². The molecular formula is C20H23NO3S. The number of fused-ring (bicyclic) bond motifs is 1. The third kappa shape index (κ3) is 6.93. The van der Waals surface area contributed by atoms with Crippen molar-refractivity contribution in [1.82, 2.24) is 0 Å². The van der Waals surface area contributed by atoms with Crippen LogP contribution in [0, 0.1) is 6.92 Å². The number of unbranched alkanes of at least 4 members (excludes halogenated alkanes) is 1. The first kappa shape index (κ1) is 18.9. The van der Waals surface area contributed by atoms with E-state index in [0.29, 0.717) is 24.3 Å². The number of ether oxygens (including phenoxy) is 1. The summed E-state index contributed by atoms with van der Waals surface area (Å²) in [4.78, 5) is 11.2. The van der Waals surface area contributed by atoms with Gasteiger partial charge in [-0.05, 0) is 49.9 Å². The molecule has 0 atom stereocenters. The van der Waals surface area contributed by atoms with Crippen LogP contribution in [0.15, 0.2) is 48.5 Å². The lowest BCUT2D eigenvalue weighted by Crippen LogP contribution is -2.18. The number of hydrogen-bond donors (Lipinski definition) is 1. The average Bonchev–Trinajstić information content (AvgIpc) is 2.63. The number of carbonyl (C=O) groups is 1. The lowest BCUT2D eigenvalue weighted by atomic mass is 10.0. The molecular weight excluding hydrogens is 334 g/mol. The predicted molar refractivity (Wildman–Crippen MR) is 104 cm³/mol. The number of anilines is 1. The van der Waals surface area contributed by atoms with E-state index in [-0.39, 0.29) is 5.91 Å². The number of aryl methyl sites for hydroxylation is 2. The molecule has 5 heteroatoms. The van der Waals surface area contributed by atoms with Gasteiger partial charge in [0.05, 0.1) is 17.9 Å². The third-order valence-corrected chi connectivity index (χ3v) is 4.09. The summed E-state index contributed by atoms with van der Waals surface area (Å²) in [6.45, 7) is 2.68. The summed E-state index contributed by atoms with van der Waals surface area (Å²) in [5, 5.41) is 4.46. The monoisotopic (exact) mass is 357 g/mol. The van der Waals surface area contributed by atoms with Crippen molar-refractivity contribution in [2.45, 2.75) is 32.6 Å². The van der Waals surface area contributed by atoms with Crippen LogP contribution in [0.4, 0.5) is 5.69 Å². The van der Waals surface area contributed by atoms with Gasteiger partial charge >= 0.3 is 0 Å². The number of benzene rings is 2. The molecule has 0 aliphatic carbocycles. The van der Waals surface area contributed by atoms with Gasteiger partial charge in [0.15, 0.2) is 0 Å². The summed E-state index contributed by atoms with van der Waals surface area (Å²) >= 11 is 0.496. The largest absolute Gasteiger partial charge is 0.494 e. The average molecular weight is 357 g/mol. The van der Waals surface area contributed by atoms with Crippen molar-refractivity contribution in [3.8, 4) is 5.75 Å². The molecule has 132 valence electrons. The van der Waals surface area contributed by atoms with E-state index in [2.05, 4.69) is 24.4 Å². The first-order chi connectivity index (χ1) is 12.2. The maximum Gasteiger partial charge on any atom is 0.224 e. The van der Waals surface area contributed by atoms with Crippen LogP contribution in [0.2, 0.25) is 0 Å². The maximum absolute atomic E-state index is 11.2. The molecule has 0 unspecified atom stereocenters. The Morgan fingerprint density at radius 3 is 2.64 bits per heavy atom. The Bertz CT molecular complexity index is 740. The Morgan fingerprint density at radius 1 is 1.16 bits per heavy atom. The van der Waals surface area contributed by atoms with E-state index >= 15 is 0 Å². The fourth-order valence-corrected chi connectivity index (χ4v) is 2.65. The molecule has 25 heavy (non-hydrogen) atoms. The molecule has 0 aromatic heterocycles. The highest BCUT2D eigenvalue weighted by Gasteiger charge is 2.14. The molecule has 0 bridgehead atoms. The number of nitrogens with one attached hydrogen (secondary N) is 1. The number of rotatable bonds is 5. The third-order valence-electron chi connectivity index (χ3n) is 3.72. The molecule has 2 aromatic rings. The van der Waals surface area contributed by atoms with Crippen LogP contribution in [-0.4, -0.2) is 22.1 Å². The zero-order chi connectivity index (χ0) is 17.9. The molecule has 1 N–H and O–H groups in total. The maximum atomic E-state index is 11.2. The fourth-order valence-electron chi connectivity index (χ4n) is 2.39. The summed E-state index contributed by atoms with van der Waals surface area (Å²) in [6, 6.07) is 16.0. The van der Waals surface area contributed by atoms with Crippen LogP contribution in [0.3, 0.4) is 0 Å². The second-order valence-corrected chi connectivity index (χ2v) is 6.30. The Hall–Kier alpha value is -2.40. The lowest BCUT2D eigenvalue weighted by molar-refractivity contribution is -0.116. The Labute approximate surface area is 152 Å². The Balaban J connectivity index is 0.000000269. The minimum atomic E-state index is 0.0711. The van der Waals surface area contributed by atoms with Crippen molar-refractivity contribution in [2.75, 3.05) is 11.9 Å². The van der Waals surface area contributed by atoms with E-state index in [0.717, 1.165) is 36.3 Å². The lowest BCUT2D eigenvalue weighted by Gasteiger charge is -2.17. The van der Waals surface area contributed by atoms with E-state index in [1.165, 1.54) is 5.56 Å². The van der Waals surface area contributed by atoms with Gasteiger partial charge in [-0.1, -0.05) is 35.9 Å². The van der Waals surface area contributed by atoms with Gasteiger partial charge in [-0.2, -0.15) is 0 Å². The highest BCUT2D eigenvalue weighted by molar-refractivity contribution is 7.64. The molecule has 3 rings (SSSR count). The van der Waals surface area contributed by atoms with Gasteiger partial charge < -0.3 is 10.1 Å². The number of carbonyl (C=O) groups excluding carboxylic acids is 1. The minimum absolute atomic E-state index is 0.0711. The van der Waals surface area contributed by atoms with Crippen molar-refractivity contribution < 1.29 is 13.7 Å². The molecule has 1 amide bonds. The molecule has 0 fully saturated rings. The van der Waals surface area contributed by atoms with E-state index in [9.17, 15) is 9.00 Å². The predicted octanol–water partition coefficient (Wildman–Crippen LogP) is 3.74. The van der Waals surface area contributed by atoms with Crippen LogP contribution >= 0.6 is 0 Å². The van der Waals surface area contributed by atoms with Gasteiger partial charge in [-0.15, -0.1) is 0 Å².